The van der Waals surface area contributed by atoms with Crippen LogP contribution in [0.15, 0.2) is 47.5 Å². The van der Waals surface area contributed by atoms with Gasteiger partial charge in [-0.05, 0) is 125 Å². The summed E-state index contributed by atoms with van der Waals surface area (Å²) < 4.78 is 18.0. The van der Waals surface area contributed by atoms with E-state index in [0.29, 0.717) is 80.4 Å². The molecular weight excluding hydrogens is 713 g/mol. The number of allylic oxidation sites excluding steroid dienone is 2. The predicted molar refractivity (Wildman–Crippen MR) is 216 cm³/mol. The van der Waals surface area contributed by atoms with Crippen molar-refractivity contribution >= 4 is 39.0 Å². The van der Waals surface area contributed by atoms with Gasteiger partial charge in [0, 0.05) is 44.6 Å². The number of ether oxygens (including phenoxy) is 3. The fourth-order valence-electron chi connectivity index (χ4n) is 8.20. The molecule has 2 saturated carbocycles. The number of aryl methyl sites for hydroxylation is 1. The van der Waals surface area contributed by atoms with Gasteiger partial charge in [0.1, 0.15) is 5.60 Å². The Balaban J connectivity index is 1.38. The molecule has 0 radical (unpaired) electrons. The highest BCUT2D eigenvalue weighted by Gasteiger charge is 2.47. The molecule has 6 N–H and O–H groups in total. The Hall–Kier alpha value is -3.10. The van der Waals surface area contributed by atoms with Crippen molar-refractivity contribution in [1.29, 1.82) is 0 Å². The molecule has 4 unspecified atom stereocenters. The molecule has 1 aliphatic heterocycles. The van der Waals surface area contributed by atoms with Crippen molar-refractivity contribution in [1.82, 2.24) is 10.6 Å². The summed E-state index contributed by atoms with van der Waals surface area (Å²) in [5, 5.41) is 40.9. The number of ketones is 1. The van der Waals surface area contributed by atoms with Crippen molar-refractivity contribution in [3.8, 4) is 23.0 Å². The molecule has 0 aromatic heterocycles. The number of guanidine groups is 1. The Morgan fingerprint density at radius 1 is 1.09 bits per heavy atom. The van der Waals surface area contributed by atoms with Gasteiger partial charge in [0.2, 0.25) is 0 Å². The van der Waals surface area contributed by atoms with Crippen LogP contribution in [0.1, 0.15) is 68.9 Å². The molecular formula is C40H58N4O7S2. The second-order valence-corrected chi connectivity index (χ2v) is 17.1. The van der Waals surface area contributed by atoms with Crippen molar-refractivity contribution in [3.05, 3.63) is 53.6 Å². The molecule has 1 heterocycles. The second-order valence-electron chi connectivity index (χ2n) is 14.5. The lowest BCUT2D eigenvalue weighted by Crippen LogP contribution is -2.42. The first kappa shape index (κ1) is 41.1. The van der Waals surface area contributed by atoms with E-state index in [-0.39, 0.29) is 29.8 Å². The van der Waals surface area contributed by atoms with Gasteiger partial charge in [-0.3, -0.25) is 9.79 Å². The number of phenolic OH excluding ortho intramolecular Hbond substituents is 2. The maximum atomic E-state index is 14.3. The number of rotatable bonds is 13. The van der Waals surface area contributed by atoms with Gasteiger partial charge in [-0.2, -0.15) is 0 Å². The number of aliphatic hydroxyl groups is 1. The van der Waals surface area contributed by atoms with Crippen LogP contribution in [-0.4, -0.2) is 91.9 Å². The summed E-state index contributed by atoms with van der Waals surface area (Å²) in [6, 6.07) is 9.27. The van der Waals surface area contributed by atoms with Gasteiger partial charge in [-0.15, -0.1) is 0 Å². The van der Waals surface area contributed by atoms with Gasteiger partial charge in [0.25, 0.3) is 0 Å². The van der Waals surface area contributed by atoms with Gasteiger partial charge in [-0.25, -0.2) is 0 Å². The minimum atomic E-state index is -0.538. The minimum Gasteiger partial charge on any atom is -0.504 e. The first-order valence-corrected chi connectivity index (χ1v) is 21.4. The number of nitrogens with one attached hydrogen (secondary N) is 3. The van der Waals surface area contributed by atoms with E-state index in [9.17, 15) is 15.0 Å². The monoisotopic (exact) mass is 770 g/mol. The van der Waals surface area contributed by atoms with E-state index >= 15 is 0 Å². The molecule has 11 nitrogen and oxygen atoms in total. The van der Waals surface area contributed by atoms with E-state index in [0.717, 1.165) is 61.8 Å². The summed E-state index contributed by atoms with van der Waals surface area (Å²) in [6.45, 7) is 1.99. The van der Waals surface area contributed by atoms with Crippen LogP contribution < -0.4 is 25.4 Å². The Labute approximate surface area is 322 Å². The number of carbonyl (C=O) groups is 1. The summed E-state index contributed by atoms with van der Waals surface area (Å²) in [7, 11) is 8.62. The molecule has 0 spiro atoms. The van der Waals surface area contributed by atoms with E-state index in [4.69, 9.17) is 19.3 Å². The summed E-state index contributed by atoms with van der Waals surface area (Å²) in [6.07, 6.45) is 12.7. The molecule has 5 rings (SSSR count). The lowest BCUT2D eigenvalue weighted by Gasteiger charge is -2.33. The van der Waals surface area contributed by atoms with Crippen LogP contribution in [0.2, 0.25) is 0 Å². The normalized spacial score (nSPS) is 26.1. The average Bonchev–Trinajstić information content (AvgIpc) is 3.75. The molecule has 0 amide bonds. The number of nitrogens with zero attached hydrogens (tertiary/aromatic N) is 1. The SMILES string of the molecule is CN=C1NCSSCC2CCCC2(Cc2ccc(O)c(OC)c2)C(=O)C=CCCc2cc(c(O)c(OC3(CNC)CCC(CCOCCCO)C3)c2)N1. The number of aliphatic hydroxyl groups excluding tert-OH is 1. The number of benzene rings is 2. The topological polar surface area (TPSA) is 154 Å². The van der Waals surface area contributed by atoms with Crippen molar-refractivity contribution in [2.45, 2.75) is 76.2 Å². The van der Waals surface area contributed by atoms with Crippen LogP contribution in [0.3, 0.4) is 0 Å². The molecule has 0 saturated heterocycles. The van der Waals surface area contributed by atoms with E-state index < -0.39 is 11.0 Å². The lowest BCUT2D eigenvalue weighted by atomic mass is 9.70. The molecule has 13 heteroatoms. The minimum absolute atomic E-state index is 0.0363. The third kappa shape index (κ3) is 10.8. The van der Waals surface area contributed by atoms with Gasteiger partial charge < -0.3 is 45.5 Å². The first-order chi connectivity index (χ1) is 25.7. The summed E-state index contributed by atoms with van der Waals surface area (Å²) in [5.74, 6) is 3.71. The molecule has 2 fully saturated rings. The molecule has 3 aliphatic rings. The van der Waals surface area contributed by atoms with Crippen LogP contribution in [0, 0.1) is 17.3 Å². The Kier molecular flexibility index (Phi) is 15.5. The zero-order chi connectivity index (χ0) is 37.7. The lowest BCUT2D eigenvalue weighted by molar-refractivity contribution is -0.125. The molecule has 292 valence electrons. The van der Waals surface area contributed by atoms with Crippen LogP contribution in [0.5, 0.6) is 23.0 Å². The number of phenols is 2. The van der Waals surface area contributed by atoms with E-state index in [2.05, 4.69) is 20.9 Å². The van der Waals surface area contributed by atoms with Crippen LogP contribution in [0.25, 0.3) is 0 Å². The number of anilines is 1. The number of methoxy groups -OCH3 is 1. The molecule has 53 heavy (non-hydrogen) atoms. The van der Waals surface area contributed by atoms with Crippen molar-refractivity contribution in [3.63, 3.8) is 0 Å². The van der Waals surface area contributed by atoms with Crippen molar-refractivity contribution in [2.24, 2.45) is 22.2 Å². The molecule has 2 aliphatic carbocycles. The number of carbonyl (C=O) groups excluding carboxylic acids is 1. The maximum absolute atomic E-state index is 14.3. The van der Waals surface area contributed by atoms with Gasteiger partial charge >= 0.3 is 0 Å². The van der Waals surface area contributed by atoms with Crippen LogP contribution >= 0.6 is 21.6 Å². The number of likely N-dealkylation sites (N-methyl/N-ethyl adjacent to an activating group) is 1. The van der Waals surface area contributed by atoms with Gasteiger partial charge in [-0.1, -0.05) is 40.2 Å². The highest BCUT2D eigenvalue weighted by Crippen LogP contribution is 2.50. The first-order valence-electron chi connectivity index (χ1n) is 18.9. The number of aliphatic imine (C=N–C) groups is 1. The summed E-state index contributed by atoms with van der Waals surface area (Å²) in [5.41, 5.74) is 1.44. The van der Waals surface area contributed by atoms with E-state index in [1.807, 2.05) is 37.4 Å². The average molecular weight is 771 g/mol. The number of hydrogen-bond donors (Lipinski definition) is 6. The predicted octanol–water partition coefficient (Wildman–Crippen LogP) is 6.46. The largest absolute Gasteiger partial charge is 0.504 e. The number of fused-ring (bicyclic) bond motifs is 3. The van der Waals surface area contributed by atoms with Crippen LogP contribution in [0.4, 0.5) is 5.69 Å². The van der Waals surface area contributed by atoms with Crippen molar-refractivity contribution < 1.29 is 34.3 Å². The van der Waals surface area contributed by atoms with E-state index in [1.165, 1.54) is 0 Å². The standard InChI is InChI=1S/C40H58N4O7S2/c1-41-26-39(16-13-28(23-39)14-19-50-18-7-17-45)51-35-21-29-8-4-5-10-36(47)40(24-30-11-12-33(46)34(22-30)49-3)15-6-9-31(40)25-52-53-27-43-38(42-2)44-32(20-29)37(35)48/h5,10-12,20-22,28,31,41,45-46,48H,4,6-9,13-19,23-27H2,1-3H3,(H2,42,43,44). The molecule has 2 aromatic rings. The number of aromatic hydroxyl groups is 2. The zero-order valence-corrected chi connectivity index (χ0v) is 33.1. The fraction of sp³-hybridized carbons (Fsp3) is 0.600. The van der Waals surface area contributed by atoms with Gasteiger partial charge in [0.15, 0.2) is 34.7 Å². The Morgan fingerprint density at radius 3 is 2.75 bits per heavy atom. The molecule has 2 bridgehead atoms. The highest BCUT2D eigenvalue weighted by atomic mass is 33.1. The summed E-state index contributed by atoms with van der Waals surface area (Å²) >= 11 is 0. The Morgan fingerprint density at radius 2 is 1.96 bits per heavy atom. The van der Waals surface area contributed by atoms with Gasteiger partial charge in [0.05, 0.1) is 18.7 Å². The molecule has 2 aromatic carbocycles. The van der Waals surface area contributed by atoms with E-state index in [1.54, 1.807) is 47.9 Å². The number of hydrogen-bond acceptors (Lipinski definition) is 11. The quantitative estimate of drug-likeness (QED) is 0.0753. The zero-order valence-electron chi connectivity index (χ0n) is 31.5. The second kappa shape index (κ2) is 20.0. The third-order valence-corrected chi connectivity index (χ3v) is 13.2. The summed E-state index contributed by atoms with van der Waals surface area (Å²) in [4.78, 5) is 18.7. The Bertz CT molecular complexity index is 1580. The van der Waals surface area contributed by atoms with Crippen LogP contribution in [-0.2, 0) is 22.4 Å². The molecule has 4 atom stereocenters. The fourth-order valence-corrected chi connectivity index (χ4v) is 10.4. The smallest absolute Gasteiger partial charge is 0.196 e. The highest BCUT2D eigenvalue weighted by molar-refractivity contribution is 8.76. The van der Waals surface area contributed by atoms with Crippen molar-refractivity contribution in [2.75, 3.05) is 64.5 Å². The third-order valence-electron chi connectivity index (χ3n) is 11.0. The maximum Gasteiger partial charge on any atom is 0.196 e.